The van der Waals surface area contributed by atoms with Gasteiger partial charge in [-0.1, -0.05) is 62.4 Å². The van der Waals surface area contributed by atoms with Crippen molar-refractivity contribution in [3.05, 3.63) is 233 Å². The van der Waals surface area contributed by atoms with E-state index >= 15 is 0 Å². The monoisotopic (exact) mass is 1540 g/mol. The third-order valence-electron chi connectivity index (χ3n) is 19.0. The zero-order valence-corrected chi connectivity index (χ0v) is 59.8. The number of piperazine rings is 3. The van der Waals surface area contributed by atoms with Crippen LogP contribution in [0.5, 0.6) is 0 Å². The lowest BCUT2D eigenvalue weighted by Gasteiger charge is -2.40. The first-order valence-corrected chi connectivity index (χ1v) is 34.8. The van der Waals surface area contributed by atoms with Crippen molar-refractivity contribution in [2.24, 2.45) is 5.92 Å². The van der Waals surface area contributed by atoms with Crippen molar-refractivity contribution < 1.29 is 86.6 Å². The Kier molecular flexibility index (Phi) is 22.5. The van der Waals surface area contributed by atoms with Gasteiger partial charge in [-0.25, -0.2) is 41.7 Å². The van der Waals surface area contributed by atoms with Gasteiger partial charge in [-0.15, -0.1) is 0 Å². The smallest absolute Gasteiger partial charge is 0.383 e. The third kappa shape index (κ3) is 17.5. The molecular formula is C77H69F12N15O7. The van der Waals surface area contributed by atoms with E-state index in [0.717, 1.165) is 92.3 Å². The van der Waals surface area contributed by atoms with Gasteiger partial charge < -0.3 is 34.5 Å². The maximum absolute atomic E-state index is 13.9. The minimum Gasteiger partial charge on any atom is -0.383 e. The van der Waals surface area contributed by atoms with Gasteiger partial charge in [0.05, 0.1) is 42.1 Å². The fraction of sp³-hybridized carbons (Fsp3) is 0.299. The van der Waals surface area contributed by atoms with Gasteiger partial charge in [0.1, 0.15) is 57.3 Å². The predicted octanol–water partition coefficient (Wildman–Crippen LogP) is 12.3. The minimum atomic E-state index is -4.78. The second-order valence-electron chi connectivity index (χ2n) is 27.2. The van der Waals surface area contributed by atoms with Crippen LogP contribution in [0, 0.1) is 23.4 Å². The number of benzene rings is 5. The number of hydrogen-bond donors (Lipinski definition) is 1. The molecule has 11 aromatic rings. The van der Waals surface area contributed by atoms with Crippen LogP contribution in [0.15, 0.2) is 170 Å². The molecule has 5 aromatic carbocycles. The number of amides is 6. The molecule has 14 rings (SSSR count). The van der Waals surface area contributed by atoms with Gasteiger partial charge in [-0.05, 0) is 135 Å². The Bertz CT molecular complexity index is 5270. The summed E-state index contributed by atoms with van der Waals surface area (Å²) >= 11 is 0. The highest BCUT2D eigenvalue weighted by Crippen LogP contribution is 2.38. The summed E-state index contributed by atoms with van der Waals surface area (Å²) in [6.45, 7) is 10.6. The fourth-order valence-corrected chi connectivity index (χ4v) is 13.1. The molecule has 3 aliphatic heterocycles. The number of fused-ring (bicyclic) bond motifs is 3. The summed E-state index contributed by atoms with van der Waals surface area (Å²) in [5.74, 6) is -4.21. The van der Waals surface area contributed by atoms with Gasteiger partial charge in [-0.2, -0.15) is 54.8 Å². The van der Waals surface area contributed by atoms with Crippen LogP contribution in [0.3, 0.4) is 0 Å². The number of carbonyl (C=O) groups is 6. The topological polar surface area (TPSA) is 233 Å². The van der Waals surface area contributed by atoms with Crippen molar-refractivity contribution in [1.29, 1.82) is 0 Å². The SMILES string of the molecule is CC(C)C(O)C(=O)N1CCN(C(=O)c2cn3nc(-c4ccc(F)cc4)cc(C(F)(F)F)c3n2)C[C@@H]1C.C[C@H]1CN(C(=O)c2cn3nc(-c4ccc(F)cc4)cc(C(F)(F)F)c3n2)CCN1C(=O)Cc1ccccc1.C[C@H]1CN(C(=O)c2cn3nc(-c4ccc(F)cc4)cc(C(F)(F)F)c3n2)CCN1C(=O)c1ccccc1. The Labute approximate surface area is 624 Å². The molecule has 1 N–H and O–H groups in total. The second kappa shape index (κ2) is 31.8. The average molecular weight is 1540 g/mol. The molecule has 0 bridgehead atoms. The highest BCUT2D eigenvalue weighted by Gasteiger charge is 2.42. The van der Waals surface area contributed by atoms with E-state index in [2.05, 4.69) is 30.2 Å². The van der Waals surface area contributed by atoms with Crippen molar-refractivity contribution >= 4 is 52.4 Å². The van der Waals surface area contributed by atoms with E-state index in [4.69, 9.17) is 0 Å². The lowest BCUT2D eigenvalue weighted by atomic mass is 10.0. The molecule has 3 saturated heterocycles. The molecule has 1 unspecified atom stereocenters. The molecule has 111 heavy (non-hydrogen) atoms. The molecule has 0 radical (unpaired) electrons. The van der Waals surface area contributed by atoms with Crippen molar-refractivity contribution in [2.75, 3.05) is 58.9 Å². The predicted molar refractivity (Wildman–Crippen MR) is 378 cm³/mol. The first-order valence-electron chi connectivity index (χ1n) is 34.8. The highest BCUT2D eigenvalue weighted by molar-refractivity contribution is 5.97. The Morgan fingerprint density at radius 2 is 0.739 bits per heavy atom. The Morgan fingerprint density at radius 1 is 0.423 bits per heavy atom. The molecule has 0 aliphatic carbocycles. The van der Waals surface area contributed by atoms with Gasteiger partial charge in [0.2, 0.25) is 5.91 Å². The van der Waals surface area contributed by atoms with Crippen LogP contribution in [0.4, 0.5) is 52.7 Å². The van der Waals surface area contributed by atoms with Crippen LogP contribution < -0.4 is 0 Å². The van der Waals surface area contributed by atoms with Gasteiger partial charge in [0, 0.05) is 99.3 Å². The van der Waals surface area contributed by atoms with Crippen LogP contribution >= 0.6 is 0 Å². The standard InChI is InChI=1S/C27H23F4N5O2.C26H21F4N5O2.C24H25F4N5O3/c1-17-15-34(11-12-35(17)24(37)13-18-5-3-2-4-6-18)26(38)23-16-36-25(32-23)21(27(29,30)31)14-22(33-36)19-7-9-20(28)10-8-19;1-16-14-33(11-12-34(16)24(36)18-5-3-2-4-6-18)25(37)22-15-35-23(31-22)20(26(28,29)30)13-21(32-35)17-7-9-19(27)10-8-17;1-13(2)20(34)23(36)32-9-8-31(11-14(32)3)22(35)19-12-33-21(29-19)17(24(26,27)28)10-18(30-33)15-4-6-16(25)7-5-15/h2-10,14,16-17H,11-13,15H2,1H3;2-10,13,15-16H,11-12,14H2,1H3;4-7,10,12-14,20,34H,8-9,11H2,1-3H3/t17-;16-;14-,20?/m000/s1. The van der Waals surface area contributed by atoms with Gasteiger partial charge in [0.25, 0.3) is 29.5 Å². The molecule has 34 heteroatoms. The maximum Gasteiger partial charge on any atom is 0.420 e. The summed E-state index contributed by atoms with van der Waals surface area (Å²) in [6, 6.07) is 34.3. The van der Waals surface area contributed by atoms with E-state index in [1.54, 1.807) is 54.8 Å². The van der Waals surface area contributed by atoms with Crippen molar-refractivity contribution in [3.8, 4) is 33.8 Å². The summed E-state index contributed by atoms with van der Waals surface area (Å²) in [7, 11) is 0. The summed E-state index contributed by atoms with van der Waals surface area (Å²) in [5, 5.41) is 22.7. The summed E-state index contributed by atoms with van der Waals surface area (Å²) in [4.78, 5) is 98.9. The molecule has 22 nitrogen and oxygen atoms in total. The molecule has 9 heterocycles. The highest BCUT2D eigenvalue weighted by atomic mass is 19.4. The first kappa shape index (κ1) is 78.5. The van der Waals surface area contributed by atoms with Gasteiger partial charge in [0.15, 0.2) is 16.9 Å². The Balaban J connectivity index is 0.000000155. The Morgan fingerprint density at radius 3 is 1.05 bits per heavy atom. The van der Waals surface area contributed by atoms with E-state index in [9.17, 15) is 86.6 Å². The molecule has 6 amide bonds. The molecule has 3 fully saturated rings. The number of rotatable bonds is 11. The quantitative estimate of drug-likeness (QED) is 0.119. The fourth-order valence-electron chi connectivity index (χ4n) is 13.1. The van der Waals surface area contributed by atoms with Crippen molar-refractivity contribution in [2.45, 2.75) is 83.8 Å². The number of aromatic nitrogens is 9. The van der Waals surface area contributed by atoms with Crippen LogP contribution in [0.25, 0.3) is 50.7 Å². The molecule has 0 saturated carbocycles. The average Bonchev–Trinajstić information content (AvgIpc) is 1.65. The number of nitrogens with zero attached hydrogens (tertiary/aromatic N) is 15. The molecule has 0 spiro atoms. The number of aliphatic hydroxyl groups is 1. The van der Waals surface area contributed by atoms with E-state index < -0.39 is 105 Å². The molecule has 4 atom stereocenters. The number of halogens is 12. The molecule has 578 valence electrons. The van der Waals surface area contributed by atoms with Crippen LogP contribution in [-0.2, 0) is 34.5 Å². The maximum atomic E-state index is 13.9. The minimum absolute atomic E-state index is 0.0413. The van der Waals surface area contributed by atoms with E-state index in [0.29, 0.717) is 12.1 Å². The largest absolute Gasteiger partial charge is 0.420 e. The first-order chi connectivity index (χ1) is 52.6. The molecular weight excluding hydrogens is 1470 g/mol. The normalized spacial score (nSPS) is 16.7. The van der Waals surface area contributed by atoms with Gasteiger partial charge >= 0.3 is 18.5 Å². The molecule has 3 aliphatic rings. The van der Waals surface area contributed by atoms with Crippen molar-refractivity contribution in [1.82, 2.24) is 73.2 Å². The third-order valence-corrected chi connectivity index (χ3v) is 19.0. The summed E-state index contributed by atoms with van der Waals surface area (Å²) in [5.41, 5.74) is -3.23. The van der Waals surface area contributed by atoms with Crippen LogP contribution in [0.1, 0.15) is 98.7 Å². The lowest BCUT2D eigenvalue weighted by molar-refractivity contribution is -0.146. The number of hydrogen-bond acceptors (Lipinski definition) is 13. The van der Waals surface area contributed by atoms with E-state index in [1.807, 2.05) is 50.2 Å². The molecule has 6 aromatic heterocycles. The zero-order valence-electron chi connectivity index (χ0n) is 59.8. The number of imidazole rings is 3. The zero-order chi connectivity index (χ0) is 79.7. The second-order valence-corrected chi connectivity index (χ2v) is 27.2. The number of alkyl halides is 9. The lowest BCUT2D eigenvalue weighted by Crippen LogP contribution is -2.58. The Hall–Kier alpha value is -12.1. The van der Waals surface area contributed by atoms with Gasteiger partial charge in [-0.3, -0.25) is 28.8 Å². The summed E-state index contributed by atoms with van der Waals surface area (Å²) < 4.78 is 167. The summed E-state index contributed by atoms with van der Waals surface area (Å²) in [6.07, 6.45) is -11.8. The van der Waals surface area contributed by atoms with E-state index in [1.165, 1.54) is 56.0 Å². The van der Waals surface area contributed by atoms with E-state index in [-0.39, 0.29) is 139 Å². The van der Waals surface area contributed by atoms with Crippen LogP contribution in [-0.4, -0.2) is 197 Å². The van der Waals surface area contributed by atoms with Crippen LogP contribution in [0.2, 0.25) is 0 Å². The number of aliphatic hydroxyl groups excluding tert-OH is 1. The van der Waals surface area contributed by atoms with Crippen molar-refractivity contribution in [3.63, 3.8) is 0 Å². The number of carbonyl (C=O) groups excluding carboxylic acids is 6.